The highest BCUT2D eigenvalue weighted by atomic mass is 16.5. The van der Waals surface area contributed by atoms with Gasteiger partial charge in [0.1, 0.15) is 23.2 Å². The fraction of sp³-hybridized carbons (Fsp3) is 0. The minimum atomic E-state index is -0.610. The first-order valence-electron chi connectivity index (χ1n) is 6.77. The van der Waals surface area contributed by atoms with Crippen LogP contribution in [0.2, 0.25) is 0 Å². The number of rotatable bonds is 3. The Morgan fingerprint density at radius 1 is 1.17 bits per heavy atom. The number of carbonyl (C=O) groups is 1. The molecule has 0 saturated carbocycles. The van der Waals surface area contributed by atoms with Gasteiger partial charge >= 0.3 is 5.97 Å². The maximum atomic E-state index is 11.8. The molecule has 2 aromatic heterocycles. The van der Waals surface area contributed by atoms with Crippen LogP contribution in [0.5, 0.6) is 5.75 Å². The van der Waals surface area contributed by atoms with Crippen LogP contribution in [-0.4, -0.2) is 15.9 Å². The number of hydrogen-bond acceptors (Lipinski definition) is 8. The predicted octanol–water partition coefficient (Wildman–Crippen LogP) is 1.99. The number of nitrogen functional groups attached to an aromatic ring is 2. The summed E-state index contributed by atoms with van der Waals surface area (Å²) >= 11 is 0. The van der Waals surface area contributed by atoms with E-state index < -0.39 is 5.97 Å². The van der Waals surface area contributed by atoms with E-state index in [1.54, 1.807) is 30.3 Å². The fourth-order valence-corrected chi connectivity index (χ4v) is 2.05. The minimum Gasteiger partial charge on any atom is -0.457 e. The first-order chi connectivity index (χ1) is 11.6. The van der Waals surface area contributed by atoms with Crippen LogP contribution < -0.4 is 16.2 Å². The van der Waals surface area contributed by atoms with E-state index >= 15 is 0 Å². The molecule has 1 aromatic carbocycles. The standard InChI is InChI=1S/C16H11N5O3/c17-8-11-13(20-16(19)21-14(11)18)9-3-5-10(6-4-9)24-15(22)12-2-1-7-23-12/h1-7H,(H4,18,19,20,21). The first kappa shape index (κ1) is 15.1. The molecule has 0 aliphatic heterocycles. The van der Waals surface area contributed by atoms with Crippen LogP contribution in [0.1, 0.15) is 16.1 Å². The number of benzene rings is 1. The zero-order chi connectivity index (χ0) is 17.1. The van der Waals surface area contributed by atoms with Crippen LogP contribution in [0.3, 0.4) is 0 Å². The summed E-state index contributed by atoms with van der Waals surface area (Å²) in [5, 5.41) is 9.20. The molecule has 0 spiro atoms. The Kier molecular flexibility index (Phi) is 3.82. The average Bonchev–Trinajstić information content (AvgIpc) is 3.09. The predicted molar refractivity (Wildman–Crippen MR) is 84.7 cm³/mol. The monoisotopic (exact) mass is 321 g/mol. The Hall–Kier alpha value is -3.86. The van der Waals surface area contributed by atoms with Crippen LogP contribution in [-0.2, 0) is 0 Å². The Bertz CT molecular complexity index is 928. The second kappa shape index (κ2) is 6.10. The highest BCUT2D eigenvalue weighted by Gasteiger charge is 2.14. The van der Waals surface area contributed by atoms with Crippen molar-refractivity contribution in [3.05, 3.63) is 54.0 Å². The lowest BCUT2D eigenvalue weighted by Gasteiger charge is -2.07. The van der Waals surface area contributed by atoms with Gasteiger partial charge in [0.25, 0.3) is 0 Å². The number of nitrogens with two attached hydrogens (primary N) is 2. The van der Waals surface area contributed by atoms with Gasteiger partial charge in [0.2, 0.25) is 11.7 Å². The van der Waals surface area contributed by atoms with Gasteiger partial charge in [0.05, 0.1) is 12.0 Å². The van der Waals surface area contributed by atoms with Gasteiger partial charge in [-0.1, -0.05) is 0 Å². The lowest BCUT2D eigenvalue weighted by Crippen LogP contribution is -2.07. The van der Waals surface area contributed by atoms with E-state index in [9.17, 15) is 10.1 Å². The fourth-order valence-electron chi connectivity index (χ4n) is 2.05. The van der Waals surface area contributed by atoms with Crippen molar-refractivity contribution in [1.29, 1.82) is 5.26 Å². The quantitative estimate of drug-likeness (QED) is 0.551. The Morgan fingerprint density at radius 3 is 2.54 bits per heavy atom. The van der Waals surface area contributed by atoms with Gasteiger partial charge in [-0.25, -0.2) is 9.78 Å². The molecule has 0 aliphatic rings. The van der Waals surface area contributed by atoms with Crippen LogP contribution in [0, 0.1) is 11.3 Å². The molecule has 0 bridgehead atoms. The number of furan rings is 1. The van der Waals surface area contributed by atoms with Gasteiger partial charge in [-0.2, -0.15) is 10.2 Å². The summed E-state index contributed by atoms with van der Waals surface area (Å²) in [6.07, 6.45) is 1.38. The van der Waals surface area contributed by atoms with Crippen molar-refractivity contribution in [2.45, 2.75) is 0 Å². The summed E-state index contributed by atoms with van der Waals surface area (Å²) in [5.74, 6) is -0.222. The molecule has 3 aromatic rings. The Balaban J connectivity index is 1.88. The number of anilines is 2. The molecule has 0 atom stereocenters. The lowest BCUT2D eigenvalue weighted by atomic mass is 10.1. The third-order valence-electron chi connectivity index (χ3n) is 3.13. The SMILES string of the molecule is N#Cc1c(N)nc(N)nc1-c1ccc(OC(=O)c2ccco2)cc1. The van der Waals surface area contributed by atoms with Crippen LogP contribution in [0.4, 0.5) is 11.8 Å². The van der Waals surface area contributed by atoms with Crippen LogP contribution >= 0.6 is 0 Å². The summed E-state index contributed by atoms with van der Waals surface area (Å²) in [4.78, 5) is 19.6. The van der Waals surface area contributed by atoms with E-state index in [2.05, 4.69) is 9.97 Å². The zero-order valence-corrected chi connectivity index (χ0v) is 12.3. The summed E-state index contributed by atoms with van der Waals surface area (Å²) in [6.45, 7) is 0. The van der Waals surface area contributed by atoms with Gasteiger partial charge in [-0.15, -0.1) is 0 Å². The first-order valence-corrected chi connectivity index (χ1v) is 6.77. The molecule has 0 radical (unpaired) electrons. The molecule has 2 heterocycles. The van der Waals surface area contributed by atoms with Gasteiger partial charge in [0.15, 0.2) is 0 Å². The normalized spacial score (nSPS) is 10.1. The molecule has 0 unspecified atom stereocenters. The number of aromatic nitrogens is 2. The molecule has 0 aliphatic carbocycles. The van der Waals surface area contributed by atoms with Crippen molar-refractivity contribution in [3.63, 3.8) is 0 Å². The third kappa shape index (κ3) is 2.86. The van der Waals surface area contributed by atoms with Crippen molar-refractivity contribution in [2.75, 3.05) is 11.5 Å². The second-order valence-electron chi connectivity index (χ2n) is 4.69. The largest absolute Gasteiger partial charge is 0.457 e. The number of carbonyl (C=O) groups excluding carboxylic acids is 1. The van der Waals surface area contributed by atoms with E-state index in [1.807, 2.05) is 6.07 Å². The summed E-state index contributed by atoms with van der Waals surface area (Å²) < 4.78 is 10.1. The smallest absolute Gasteiger partial charge is 0.379 e. The van der Waals surface area contributed by atoms with Gasteiger partial charge in [0, 0.05) is 5.56 Å². The van der Waals surface area contributed by atoms with Crippen molar-refractivity contribution in [2.24, 2.45) is 0 Å². The van der Waals surface area contributed by atoms with Crippen LogP contribution in [0.15, 0.2) is 47.1 Å². The van der Waals surface area contributed by atoms with Crippen molar-refractivity contribution in [1.82, 2.24) is 9.97 Å². The summed E-state index contributed by atoms with van der Waals surface area (Å²) in [5.41, 5.74) is 12.3. The number of hydrogen-bond donors (Lipinski definition) is 2. The number of ether oxygens (including phenoxy) is 1. The molecule has 3 rings (SSSR count). The highest BCUT2D eigenvalue weighted by Crippen LogP contribution is 2.27. The van der Waals surface area contributed by atoms with Crippen molar-refractivity contribution >= 4 is 17.7 Å². The molecule has 0 fully saturated rings. The van der Waals surface area contributed by atoms with E-state index in [1.165, 1.54) is 12.3 Å². The number of esters is 1. The molecule has 0 amide bonds. The molecule has 8 nitrogen and oxygen atoms in total. The second-order valence-corrected chi connectivity index (χ2v) is 4.69. The topological polar surface area (TPSA) is 141 Å². The van der Waals surface area contributed by atoms with E-state index in [0.29, 0.717) is 17.0 Å². The summed E-state index contributed by atoms with van der Waals surface area (Å²) in [6, 6.07) is 11.4. The molecule has 118 valence electrons. The zero-order valence-electron chi connectivity index (χ0n) is 12.3. The van der Waals surface area contributed by atoms with Gasteiger partial charge in [-0.3, -0.25) is 0 Å². The average molecular weight is 321 g/mol. The van der Waals surface area contributed by atoms with E-state index in [4.69, 9.17) is 20.6 Å². The number of nitriles is 1. The maximum Gasteiger partial charge on any atom is 0.379 e. The molecular formula is C16H11N5O3. The van der Waals surface area contributed by atoms with Gasteiger partial charge in [-0.05, 0) is 36.4 Å². The third-order valence-corrected chi connectivity index (χ3v) is 3.13. The van der Waals surface area contributed by atoms with Gasteiger partial charge < -0.3 is 20.6 Å². The van der Waals surface area contributed by atoms with E-state index in [0.717, 1.165) is 0 Å². The minimum absolute atomic E-state index is 0.00771. The molecular weight excluding hydrogens is 310 g/mol. The maximum absolute atomic E-state index is 11.8. The Morgan fingerprint density at radius 2 is 1.92 bits per heavy atom. The summed E-state index contributed by atoms with van der Waals surface area (Å²) in [7, 11) is 0. The van der Waals surface area contributed by atoms with Crippen LogP contribution in [0.25, 0.3) is 11.3 Å². The lowest BCUT2D eigenvalue weighted by molar-refractivity contribution is 0.0701. The van der Waals surface area contributed by atoms with Crippen molar-refractivity contribution < 1.29 is 13.9 Å². The molecule has 24 heavy (non-hydrogen) atoms. The molecule has 4 N–H and O–H groups in total. The molecule has 8 heteroatoms. The van der Waals surface area contributed by atoms with Crippen molar-refractivity contribution in [3.8, 4) is 23.1 Å². The van der Waals surface area contributed by atoms with E-state index in [-0.39, 0.29) is 23.1 Å². The number of nitrogens with zero attached hydrogens (tertiary/aromatic N) is 3. The molecule has 0 saturated heterocycles. The highest BCUT2D eigenvalue weighted by molar-refractivity contribution is 5.88. The Labute approximate surface area is 136 Å².